The van der Waals surface area contributed by atoms with Crippen LogP contribution in [0.15, 0.2) is 36.4 Å². The van der Waals surface area contributed by atoms with Crippen LogP contribution in [0.4, 0.5) is 11.6 Å². The summed E-state index contributed by atoms with van der Waals surface area (Å²) in [5.74, 6) is 1.89. The zero-order chi connectivity index (χ0) is 23.5. The quantitative estimate of drug-likeness (QED) is 0.523. The number of ether oxygens (including phenoxy) is 1. The minimum absolute atomic E-state index is 0. The van der Waals surface area contributed by atoms with Gasteiger partial charge in [0, 0.05) is 50.1 Å². The highest BCUT2D eigenvalue weighted by Gasteiger charge is 2.22. The number of carbonyl (C=O) groups excluding carboxylic acids is 1. The first-order valence-electron chi connectivity index (χ1n) is 10.9. The highest BCUT2D eigenvalue weighted by Crippen LogP contribution is 2.32. The van der Waals surface area contributed by atoms with Crippen molar-refractivity contribution < 1.29 is 14.6 Å². The first kappa shape index (κ1) is 25.8. The molecule has 2 aromatic carbocycles. The molecule has 0 aliphatic carbocycles. The molecule has 10 heteroatoms. The molecule has 0 radical (unpaired) electrons. The number of halogens is 2. The molecular formula is C24H29Cl2N5O3. The molecule has 2 heterocycles. The van der Waals surface area contributed by atoms with E-state index in [0.29, 0.717) is 54.6 Å². The monoisotopic (exact) mass is 505 g/mol. The van der Waals surface area contributed by atoms with E-state index in [1.165, 1.54) is 0 Å². The fourth-order valence-electron chi connectivity index (χ4n) is 3.98. The molecule has 34 heavy (non-hydrogen) atoms. The number of hydrogen-bond donors (Lipinski definition) is 2. The minimum atomic E-state index is -0.276. The van der Waals surface area contributed by atoms with E-state index >= 15 is 0 Å². The summed E-state index contributed by atoms with van der Waals surface area (Å²) in [4.78, 5) is 16.3. The smallest absolute Gasteiger partial charge is 0.253 e. The molecule has 0 unspecified atom stereocenters. The summed E-state index contributed by atoms with van der Waals surface area (Å²) in [6.45, 7) is 1.90. The third kappa shape index (κ3) is 5.46. The number of rotatable bonds is 6. The molecule has 0 bridgehead atoms. The number of aliphatic hydroxyl groups is 1. The van der Waals surface area contributed by atoms with E-state index in [1.807, 2.05) is 36.4 Å². The summed E-state index contributed by atoms with van der Waals surface area (Å²) in [7, 11) is 5.04. The van der Waals surface area contributed by atoms with Gasteiger partial charge in [0.05, 0.1) is 18.2 Å². The lowest BCUT2D eigenvalue weighted by atomic mass is 10.0. The molecule has 1 aromatic heterocycles. The second kappa shape index (κ2) is 11.1. The Morgan fingerprint density at radius 3 is 2.56 bits per heavy atom. The van der Waals surface area contributed by atoms with Gasteiger partial charge in [0.2, 0.25) is 0 Å². The molecule has 182 valence electrons. The number of carbonyl (C=O) groups is 1. The average molecular weight is 506 g/mol. The molecule has 3 aromatic rings. The van der Waals surface area contributed by atoms with Crippen molar-refractivity contribution in [3.63, 3.8) is 0 Å². The summed E-state index contributed by atoms with van der Waals surface area (Å²) >= 11 is 6.26. The summed E-state index contributed by atoms with van der Waals surface area (Å²) < 4.78 is 5.22. The van der Waals surface area contributed by atoms with Crippen molar-refractivity contribution in [3.05, 3.63) is 52.5 Å². The Hall–Kier alpha value is -2.81. The molecule has 1 amide bonds. The fraction of sp³-hybridized carbons (Fsp3) is 0.375. The van der Waals surface area contributed by atoms with Crippen LogP contribution in [-0.4, -0.2) is 66.5 Å². The lowest BCUT2D eigenvalue weighted by Crippen LogP contribution is -2.36. The first-order valence-corrected chi connectivity index (χ1v) is 11.3. The minimum Gasteiger partial charge on any atom is -0.495 e. The molecule has 0 atom stereocenters. The van der Waals surface area contributed by atoms with E-state index in [9.17, 15) is 9.90 Å². The van der Waals surface area contributed by atoms with E-state index in [-0.39, 0.29) is 24.4 Å². The maximum Gasteiger partial charge on any atom is 0.253 e. The molecule has 2 N–H and O–H groups in total. The number of aromatic nitrogens is 2. The molecule has 4 rings (SSSR count). The number of fused-ring (bicyclic) bond motifs is 1. The Bertz CT molecular complexity index is 1170. The van der Waals surface area contributed by atoms with Crippen LogP contribution < -0.4 is 15.0 Å². The van der Waals surface area contributed by atoms with Crippen LogP contribution in [0, 0.1) is 0 Å². The standard InChI is InChI=1S/C24H28ClN5O3.ClH/c1-29(2)24(32)16-5-6-18-19(13-16)22(26-14-15-4-7-21(33-3)20(25)12-15)27-28-23(18)30-10-8-17(31)9-11-30;/h4-7,12-13,17,31H,8-11,14H2,1-3H3,(H,26,27);1H. The first-order chi connectivity index (χ1) is 15.9. The fourth-order valence-corrected chi connectivity index (χ4v) is 4.26. The van der Waals surface area contributed by atoms with Gasteiger partial charge in [-0.2, -0.15) is 0 Å². The van der Waals surface area contributed by atoms with Crippen LogP contribution in [-0.2, 0) is 6.54 Å². The average Bonchev–Trinajstić information content (AvgIpc) is 2.82. The van der Waals surface area contributed by atoms with Crippen molar-refractivity contribution in [3.8, 4) is 5.75 Å². The number of benzene rings is 2. The second-order valence-corrected chi connectivity index (χ2v) is 8.78. The molecule has 0 spiro atoms. The van der Waals surface area contributed by atoms with Gasteiger partial charge < -0.3 is 25.0 Å². The highest BCUT2D eigenvalue weighted by atomic mass is 35.5. The molecule has 1 fully saturated rings. The van der Waals surface area contributed by atoms with Gasteiger partial charge in [0.25, 0.3) is 5.91 Å². The summed E-state index contributed by atoms with van der Waals surface area (Å²) in [5.41, 5.74) is 1.54. The van der Waals surface area contributed by atoms with Gasteiger partial charge >= 0.3 is 0 Å². The maximum atomic E-state index is 12.6. The molecule has 1 aliphatic rings. The van der Waals surface area contributed by atoms with E-state index < -0.39 is 0 Å². The van der Waals surface area contributed by atoms with Crippen molar-refractivity contribution in [2.45, 2.75) is 25.5 Å². The van der Waals surface area contributed by atoms with Gasteiger partial charge in [0.15, 0.2) is 11.6 Å². The number of hydrogen-bond acceptors (Lipinski definition) is 7. The van der Waals surface area contributed by atoms with Gasteiger partial charge in [-0.3, -0.25) is 4.79 Å². The van der Waals surface area contributed by atoms with E-state index in [4.69, 9.17) is 16.3 Å². The predicted octanol–water partition coefficient (Wildman–Crippen LogP) is 3.99. The van der Waals surface area contributed by atoms with Crippen LogP contribution >= 0.6 is 24.0 Å². The maximum absolute atomic E-state index is 12.6. The van der Waals surface area contributed by atoms with E-state index in [1.54, 1.807) is 26.1 Å². The molecular weight excluding hydrogens is 477 g/mol. The van der Waals surface area contributed by atoms with Crippen LogP contribution in [0.1, 0.15) is 28.8 Å². The van der Waals surface area contributed by atoms with Gasteiger partial charge in [-0.05, 0) is 48.7 Å². The lowest BCUT2D eigenvalue weighted by molar-refractivity contribution is 0.0827. The van der Waals surface area contributed by atoms with Crippen LogP contribution in [0.3, 0.4) is 0 Å². The van der Waals surface area contributed by atoms with E-state index in [0.717, 1.165) is 22.2 Å². The van der Waals surface area contributed by atoms with Crippen LogP contribution in [0.2, 0.25) is 5.02 Å². The van der Waals surface area contributed by atoms with Crippen molar-refractivity contribution in [2.24, 2.45) is 0 Å². The Balaban J connectivity index is 0.00000324. The zero-order valence-electron chi connectivity index (χ0n) is 19.4. The van der Waals surface area contributed by atoms with Gasteiger partial charge in [0.1, 0.15) is 5.75 Å². The van der Waals surface area contributed by atoms with Crippen molar-refractivity contribution in [1.82, 2.24) is 15.1 Å². The number of nitrogens with zero attached hydrogens (tertiary/aromatic N) is 4. The Morgan fingerprint density at radius 1 is 1.18 bits per heavy atom. The Labute approximate surface area is 210 Å². The molecule has 8 nitrogen and oxygen atoms in total. The van der Waals surface area contributed by atoms with Crippen molar-refractivity contribution in [2.75, 3.05) is 44.5 Å². The summed E-state index contributed by atoms with van der Waals surface area (Å²) in [5, 5.41) is 24.5. The largest absolute Gasteiger partial charge is 0.495 e. The van der Waals surface area contributed by atoms with Gasteiger partial charge in [-0.15, -0.1) is 22.6 Å². The third-order valence-corrected chi connectivity index (χ3v) is 6.15. The van der Waals surface area contributed by atoms with Crippen LogP contribution in [0.25, 0.3) is 10.8 Å². The Kier molecular flexibility index (Phi) is 8.41. The van der Waals surface area contributed by atoms with E-state index in [2.05, 4.69) is 20.4 Å². The van der Waals surface area contributed by atoms with Crippen LogP contribution in [0.5, 0.6) is 5.75 Å². The normalized spacial score (nSPS) is 14.0. The number of methoxy groups -OCH3 is 1. The molecule has 1 aliphatic heterocycles. The second-order valence-electron chi connectivity index (χ2n) is 8.37. The predicted molar refractivity (Wildman–Crippen MR) is 138 cm³/mol. The zero-order valence-corrected chi connectivity index (χ0v) is 21.0. The topological polar surface area (TPSA) is 90.8 Å². The van der Waals surface area contributed by atoms with Gasteiger partial charge in [-0.1, -0.05) is 17.7 Å². The molecule has 1 saturated heterocycles. The van der Waals surface area contributed by atoms with Crippen molar-refractivity contribution in [1.29, 1.82) is 0 Å². The van der Waals surface area contributed by atoms with Gasteiger partial charge in [-0.25, -0.2) is 0 Å². The molecule has 0 saturated carbocycles. The number of amides is 1. The number of aliphatic hydroxyl groups excluding tert-OH is 1. The van der Waals surface area contributed by atoms with Crippen molar-refractivity contribution >= 4 is 52.3 Å². The highest BCUT2D eigenvalue weighted by molar-refractivity contribution is 6.32. The SMILES string of the molecule is COc1ccc(CNc2nnc(N3CCC(O)CC3)c3ccc(C(=O)N(C)C)cc23)cc1Cl.Cl. The summed E-state index contributed by atoms with van der Waals surface area (Å²) in [6.07, 6.45) is 1.11. The Morgan fingerprint density at radius 2 is 1.91 bits per heavy atom. The summed E-state index contributed by atoms with van der Waals surface area (Å²) in [6, 6.07) is 11.2. The third-order valence-electron chi connectivity index (χ3n) is 5.85. The number of anilines is 2. The lowest BCUT2D eigenvalue weighted by Gasteiger charge is -2.31. The number of nitrogens with one attached hydrogen (secondary N) is 1. The number of piperidine rings is 1.